The Morgan fingerprint density at radius 2 is 2.12 bits per heavy atom. The fourth-order valence-electron chi connectivity index (χ4n) is 2.40. The molecule has 0 aliphatic heterocycles. The molecule has 2 heterocycles. The lowest BCUT2D eigenvalue weighted by molar-refractivity contribution is 0.0470. The molecular formula is C18H16N4O2. The van der Waals surface area contributed by atoms with Crippen molar-refractivity contribution in [3.8, 4) is 6.07 Å². The summed E-state index contributed by atoms with van der Waals surface area (Å²) in [6.07, 6.45) is 3.71. The summed E-state index contributed by atoms with van der Waals surface area (Å²) in [5.74, 6) is -0.913. The lowest BCUT2D eigenvalue weighted by atomic mass is 10.0. The smallest absolute Gasteiger partial charge is 0.343 e. The summed E-state index contributed by atoms with van der Waals surface area (Å²) in [7, 11) is 0. The van der Waals surface area contributed by atoms with Gasteiger partial charge < -0.3 is 4.74 Å². The number of hydrogen-bond donors (Lipinski definition) is 0. The highest BCUT2D eigenvalue weighted by molar-refractivity contribution is 5.95. The van der Waals surface area contributed by atoms with E-state index in [0.717, 1.165) is 11.3 Å². The van der Waals surface area contributed by atoms with Gasteiger partial charge in [0, 0.05) is 11.9 Å². The minimum absolute atomic E-state index is 0.0351. The molecule has 0 fully saturated rings. The van der Waals surface area contributed by atoms with Crippen molar-refractivity contribution in [2.75, 3.05) is 6.61 Å². The van der Waals surface area contributed by atoms with Crippen LogP contribution in [0.5, 0.6) is 0 Å². The van der Waals surface area contributed by atoms with Crippen LogP contribution in [0, 0.1) is 24.2 Å². The van der Waals surface area contributed by atoms with Crippen LogP contribution in [0.25, 0.3) is 5.65 Å². The Bertz CT molecular complexity index is 896. The SMILES string of the molecule is Cc1ccn2ncc(C(=O)OCC(C#N)Cc3ccccc3)c2n1. The number of esters is 1. The van der Waals surface area contributed by atoms with Crippen LogP contribution < -0.4 is 0 Å². The van der Waals surface area contributed by atoms with E-state index in [-0.39, 0.29) is 6.61 Å². The van der Waals surface area contributed by atoms with Crippen molar-refractivity contribution in [3.63, 3.8) is 0 Å². The first kappa shape index (κ1) is 15.7. The van der Waals surface area contributed by atoms with E-state index < -0.39 is 11.9 Å². The Balaban J connectivity index is 1.67. The number of rotatable bonds is 5. The maximum Gasteiger partial charge on any atom is 0.343 e. The molecule has 0 N–H and O–H groups in total. The maximum atomic E-state index is 12.3. The zero-order valence-corrected chi connectivity index (χ0v) is 13.2. The van der Waals surface area contributed by atoms with Gasteiger partial charge in [-0.1, -0.05) is 30.3 Å². The van der Waals surface area contributed by atoms with Crippen molar-refractivity contribution in [2.24, 2.45) is 5.92 Å². The number of carbonyl (C=O) groups is 1. The zero-order chi connectivity index (χ0) is 16.9. The minimum atomic E-state index is -0.517. The molecule has 0 aliphatic carbocycles. The first-order valence-electron chi connectivity index (χ1n) is 7.59. The van der Waals surface area contributed by atoms with E-state index in [1.807, 2.05) is 37.3 Å². The summed E-state index contributed by atoms with van der Waals surface area (Å²) in [5, 5.41) is 13.4. The fourth-order valence-corrected chi connectivity index (χ4v) is 2.40. The van der Waals surface area contributed by atoms with E-state index >= 15 is 0 Å². The first-order valence-corrected chi connectivity index (χ1v) is 7.59. The largest absolute Gasteiger partial charge is 0.461 e. The number of nitrogens with zero attached hydrogens (tertiary/aromatic N) is 4. The molecular weight excluding hydrogens is 304 g/mol. The third-order valence-electron chi connectivity index (χ3n) is 3.65. The third-order valence-corrected chi connectivity index (χ3v) is 3.65. The van der Waals surface area contributed by atoms with Crippen LogP contribution in [-0.2, 0) is 11.2 Å². The highest BCUT2D eigenvalue weighted by Gasteiger charge is 2.18. The molecule has 0 spiro atoms. The van der Waals surface area contributed by atoms with Gasteiger partial charge >= 0.3 is 5.97 Å². The predicted octanol–water partition coefficient (Wildman–Crippen LogP) is 2.58. The highest BCUT2D eigenvalue weighted by Crippen LogP contribution is 2.13. The molecule has 0 aliphatic rings. The highest BCUT2D eigenvalue weighted by atomic mass is 16.5. The lowest BCUT2D eigenvalue weighted by Crippen LogP contribution is -2.15. The Hall–Kier alpha value is -3.20. The van der Waals surface area contributed by atoms with E-state index in [4.69, 9.17) is 4.74 Å². The normalized spacial score (nSPS) is 11.8. The Morgan fingerprint density at radius 3 is 2.88 bits per heavy atom. The summed E-state index contributed by atoms with van der Waals surface area (Å²) >= 11 is 0. The average Bonchev–Trinajstić information content (AvgIpc) is 3.02. The molecule has 6 nitrogen and oxygen atoms in total. The molecule has 0 bridgehead atoms. The van der Waals surface area contributed by atoms with Gasteiger partial charge in [-0.25, -0.2) is 14.3 Å². The van der Waals surface area contributed by atoms with E-state index in [2.05, 4.69) is 16.2 Å². The number of aryl methyl sites for hydroxylation is 1. The molecule has 120 valence electrons. The molecule has 3 rings (SSSR count). The number of nitriles is 1. The van der Waals surface area contributed by atoms with E-state index in [1.54, 1.807) is 12.3 Å². The number of hydrogen-bond acceptors (Lipinski definition) is 5. The van der Waals surface area contributed by atoms with Crippen LogP contribution in [0.3, 0.4) is 0 Å². The summed E-state index contributed by atoms with van der Waals surface area (Å²) in [5.41, 5.74) is 2.58. The van der Waals surface area contributed by atoms with Gasteiger partial charge in [0.25, 0.3) is 0 Å². The predicted molar refractivity (Wildman–Crippen MR) is 87.3 cm³/mol. The molecule has 0 saturated carbocycles. The van der Waals surface area contributed by atoms with Gasteiger partial charge in [0.15, 0.2) is 5.65 Å². The number of fused-ring (bicyclic) bond motifs is 1. The molecule has 6 heteroatoms. The summed E-state index contributed by atoms with van der Waals surface area (Å²) in [6.45, 7) is 1.88. The monoisotopic (exact) mass is 320 g/mol. The van der Waals surface area contributed by atoms with Crippen LogP contribution in [0.15, 0.2) is 48.8 Å². The first-order chi connectivity index (χ1) is 11.7. The second kappa shape index (κ2) is 6.92. The quantitative estimate of drug-likeness (QED) is 0.675. The zero-order valence-electron chi connectivity index (χ0n) is 13.2. The molecule has 0 amide bonds. The Kier molecular flexibility index (Phi) is 4.52. The topological polar surface area (TPSA) is 80.3 Å². The Morgan fingerprint density at radius 1 is 1.33 bits per heavy atom. The summed E-state index contributed by atoms with van der Waals surface area (Å²) in [4.78, 5) is 16.6. The number of carbonyl (C=O) groups excluding carboxylic acids is 1. The lowest BCUT2D eigenvalue weighted by Gasteiger charge is -2.09. The van der Waals surface area contributed by atoms with E-state index in [9.17, 15) is 10.1 Å². The third kappa shape index (κ3) is 3.41. The van der Waals surface area contributed by atoms with Crippen LogP contribution in [0.2, 0.25) is 0 Å². The summed E-state index contributed by atoms with van der Waals surface area (Å²) < 4.78 is 6.83. The van der Waals surface area contributed by atoms with Gasteiger partial charge in [-0.05, 0) is 25.0 Å². The fraction of sp³-hybridized carbons (Fsp3) is 0.222. The van der Waals surface area contributed by atoms with Crippen molar-refractivity contribution in [1.82, 2.24) is 14.6 Å². The average molecular weight is 320 g/mol. The van der Waals surface area contributed by atoms with Crippen LogP contribution in [0.4, 0.5) is 0 Å². The molecule has 1 atom stereocenters. The number of ether oxygens (including phenoxy) is 1. The van der Waals surface area contributed by atoms with E-state index in [1.165, 1.54) is 10.7 Å². The van der Waals surface area contributed by atoms with Crippen LogP contribution in [0.1, 0.15) is 21.6 Å². The molecule has 1 aromatic carbocycles. The van der Waals surface area contributed by atoms with Crippen LogP contribution in [-0.4, -0.2) is 27.2 Å². The van der Waals surface area contributed by atoms with Gasteiger partial charge in [-0.15, -0.1) is 0 Å². The van der Waals surface area contributed by atoms with Gasteiger partial charge in [-0.2, -0.15) is 10.4 Å². The standard InChI is InChI=1S/C18H16N4O2/c1-13-7-8-22-17(21-13)16(11-20-22)18(23)24-12-15(10-19)9-14-5-3-2-4-6-14/h2-8,11,15H,9,12H2,1H3. The second-order valence-corrected chi connectivity index (χ2v) is 5.51. The van der Waals surface area contributed by atoms with Gasteiger partial charge in [0.1, 0.15) is 12.2 Å². The van der Waals surface area contributed by atoms with Crippen molar-refractivity contribution >= 4 is 11.6 Å². The molecule has 1 unspecified atom stereocenters. The van der Waals surface area contributed by atoms with Gasteiger partial charge in [-0.3, -0.25) is 0 Å². The molecule has 3 aromatic rings. The Labute approximate surface area is 139 Å². The van der Waals surface area contributed by atoms with Crippen molar-refractivity contribution in [3.05, 3.63) is 65.6 Å². The molecule has 24 heavy (non-hydrogen) atoms. The van der Waals surface area contributed by atoms with Crippen molar-refractivity contribution < 1.29 is 9.53 Å². The molecule has 2 aromatic heterocycles. The van der Waals surface area contributed by atoms with Gasteiger partial charge in [0.05, 0.1) is 18.2 Å². The van der Waals surface area contributed by atoms with Crippen molar-refractivity contribution in [1.29, 1.82) is 5.26 Å². The number of benzene rings is 1. The number of aromatic nitrogens is 3. The van der Waals surface area contributed by atoms with Crippen molar-refractivity contribution in [2.45, 2.75) is 13.3 Å². The van der Waals surface area contributed by atoms with Crippen LogP contribution >= 0.6 is 0 Å². The van der Waals surface area contributed by atoms with Gasteiger partial charge in [0.2, 0.25) is 0 Å². The maximum absolute atomic E-state index is 12.3. The molecule has 0 saturated heterocycles. The minimum Gasteiger partial charge on any atom is -0.461 e. The second-order valence-electron chi connectivity index (χ2n) is 5.51. The summed E-state index contributed by atoms with van der Waals surface area (Å²) in [6, 6.07) is 13.6. The molecule has 0 radical (unpaired) electrons. The van der Waals surface area contributed by atoms with E-state index in [0.29, 0.717) is 17.6 Å².